The van der Waals surface area contributed by atoms with Crippen molar-refractivity contribution < 1.29 is 17.9 Å². The van der Waals surface area contributed by atoms with Gasteiger partial charge in [0.25, 0.3) is 0 Å². The highest BCUT2D eigenvalue weighted by Crippen LogP contribution is 2.13. The van der Waals surface area contributed by atoms with E-state index in [4.69, 9.17) is 4.74 Å². The SMILES string of the molecule is CCc1ccc(S(=O)(=O)N[C@H](C)C(=O)OC(C)(C)C)cc1. The Morgan fingerprint density at radius 1 is 1.24 bits per heavy atom. The first-order valence-corrected chi connectivity index (χ1v) is 8.37. The Labute approximate surface area is 126 Å². The molecule has 0 aliphatic heterocycles. The molecule has 0 aliphatic carbocycles. The Bertz CT molecular complexity index is 585. The maximum absolute atomic E-state index is 12.2. The van der Waals surface area contributed by atoms with E-state index in [0.717, 1.165) is 12.0 Å². The lowest BCUT2D eigenvalue weighted by atomic mass is 10.2. The average molecular weight is 313 g/mol. The van der Waals surface area contributed by atoms with Gasteiger partial charge in [-0.05, 0) is 51.8 Å². The number of rotatable bonds is 5. The van der Waals surface area contributed by atoms with Crippen molar-refractivity contribution in [1.82, 2.24) is 4.72 Å². The molecule has 0 aromatic heterocycles. The van der Waals surface area contributed by atoms with Gasteiger partial charge in [-0.15, -0.1) is 0 Å². The minimum absolute atomic E-state index is 0.134. The number of nitrogens with one attached hydrogen (secondary N) is 1. The van der Waals surface area contributed by atoms with Crippen LogP contribution in [0, 0.1) is 0 Å². The number of carbonyl (C=O) groups excluding carboxylic acids is 1. The first kappa shape index (κ1) is 17.7. The minimum atomic E-state index is -3.74. The van der Waals surface area contributed by atoms with Crippen LogP contribution in [0.4, 0.5) is 0 Å². The van der Waals surface area contributed by atoms with Gasteiger partial charge in [-0.25, -0.2) is 8.42 Å². The van der Waals surface area contributed by atoms with Gasteiger partial charge < -0.3 is 4.74 Å². The number of aryl methyl sites for hydroxylation is 1. The van der Waals surface area contributed by atoms with Gasteiger partial charge in [-0.3, -0.25) is 4.79 Å². The van der Waals surface area contributed by atoms with Gasteiger partial charge in [0.05, 0.1) is 4.90 Å². The van der Waals surface area contributed by atoms with Crippen molar-refractivity contribution in [2.75, 3.05) is 0 Å². The third-order valence-corrected chi connectivity index (χ3v) is 4.29. The van der Waals surface area contributed by atoms with Crippen LogP contribution < -0.4 is 4.72 Å². The van der Waals surface area contributed by atoms with E-state index in [1.807, 2.05) is 6.92 Å². The molecule has 0 saturated carbocycles. The summed E-state index contributed by atoms with van der Waals surface area (Å²) in [4.78, 5) is 12.0. The predicted molar refractivity (Wildman–Crippen MR) is 81.4 cm³/mol. The highest BCUT2D eigenvalue weighted by Gasteiger charge is 2.26. The van der Waals surface area contributed by atoms with E-state index >= 15 is 0 Å². The van der Waals surface area contributed by atoms with Crippen LogP contribution in [0.15, 0.2) is 29.2 Å². The molecule has 0 saturated heterocycles. The Hall–Kier alpha value is -1.40. The Morgan fingerprint density at radius 2 is 1.76 bits per heavy atom. The smallest absolute Gasteiger partial charge is 0.324 e. The van der Waals surface area contributed by atoms with Crippen molar-refractivity contribution in [2.24, 2.45) is 0 Å². The molecular weight excluding hydrogens is 290 g/mol. The highest BCUT2D eigenvalue weighted by molar-refractivity contribution is 7.89. The molecule has 1 rings (SSSR count). The lowest BCUT2D eigenvalue weighted by Crippen LogP contribution is -2.42. The molecule has 5 nitrogen and oxygen atoms in total. The van der Waals surface area contributed by atoms with E-state index in [1.165, 1.54) is 19.1 Å². The van der Waals surface area contributed by atoms with Crippen molar-refractivity contribution in [2.45, 2.75) is 57.6 Å². The van der Waals surface area contributed by atoms with E-state index in [2.05, 4.69) is 4.72 Å². The second-order valence-electron chi connectivity index (χ2n) is 5.87. The van der Waals surface area contributed by atoms with Crippen molar-refractivity contribution in [3.63, 3.8) is 0 Å². The van der Waals surface area contributed by atoms with E-state index in [1.54, 1.807) is 32.9 Å². The summed E-state index contributed by atoms with van der Waals surface area (Å²) >= 11 is 0. The van der Waals surface area contributed by atoms with Crippen LogP contribution in [0.25, 0.3) is 0 Å². The molecule has 21 heavy (non-hydrogen) atoms. The zero-order chi connectivity index (χ0) is 16.3. The summed E-state index contributed by atoms with van der Waals surface area (Å²) in [6.45, 7) is 8.65. The third-order valence-electron chi connectivity index (χ3n) is 2.73. The molecule has 0 bridgehead atoms. The molecule has 0 amide bonds. The molecule has 0 fully saturated rings. The lowest BCUT2D eigenvalue weighted by Gasteiger charge is -2.22. The standard InChI is InChI=1S/C15H23NO4S/c1-6-12-7-9-13(10-8-12)21(18,19)16-11(2)14(17)20-15(3,4)5/h7-11,16H,6H2,1-5H3/t11-/m1/s1. The van der Waals surface area contributed by atoms with Crippen LogP contribution in [-0.4, -0.2) is 26.0 Å². The normalized spacial score (nSPS) is 13.8. The second-order valence-corrected chi connectivity index (χ2v) is 7.59. The molecule has 1 atom stereocenters. The monoisotopic (exact) mass is 313 g/mol. The fourth-order valence-electron chi connectivity index (χ4n) is 1.64. The van der Waals surface area contributed by atoms with Crippen LogP contribution in [0.5, 0.6) is 0 Å². The van der Waals surface area contributed by atoms with Crippen molar-refractivity contribution in [1.29, 1.82) is 0 Å². The fraction of sp³-hybridized carbons (Fsp3) is 0.533. The molecule has 0 radical (unpaired) electrons. The summed E-state index contributed by atoms with van der Waals surface area (Å²) in [6.07, 6.45) is 0.835. The molecule has 1 N–H and O–H groups in total. The zero-order valence-corrected chi connectivity index (χ0v) is 14.0. The topological polar surface area (TPSA) is 72.5 Å². The molecule has 118 valence electrons. The predicted octanol–water partition coefficient (Wildman–Crippen LogP) is 2.26. The van der Waals surface area contributed by atoms with Crippen LogP contribution >= 0.6 is 0 Å². The molecule has 0 aliphatic rings. The Balaban J connectivity index is 2.81. The van der Waals surface area contributed by atoms with Gasteiger partial charge >= 0.3 is 5.97 Å². The van der Waals surface area contributed by atoms with E-state index in [9.17, 15) is 13.2 Å². The van der Waals surface area contributed by atoms with Gasteiger partial charge in [0.1, 0.15) is 11.6 Å². The average Bonchev–Trinajstić information content (AvgIpc) is 2.36. The number of ether oxygens (including phenoxy) is 1. The fourth-order valence-corrected chi connectivity index (χ4v) is 2.84. The molecule has 1 aromatic rings. The summed E-state index contributed by atoms with van der Waals surface area (Å²) in [5.74, 6) is -0.601. The maximum Gasteiger partial charge on any atom is 0.324 e. The van der Waals surface area contributed by atoms with E-state index in [-0.39, 0.29) is 4.90 Å². The number of benzene rings is 1. The molecule has 0 heterocycles. The number of carbonyl (C=O) groups is 1. The molecule has 0 unspecified atom stereocenters. The molecular formula is C15H23NO4S. The van der Waals surface area contributed by atoms with Crippen LogP contribution in [0.2, 0.25) is 0 Å². The quantitative estimate of drug-likeness (QED) is 0.846. The molecule has 0 spiro atoms. The molecule has 1 aromatic carbocycles. The largest absolute Gasteiger partial charge is 0.459 e. The van der Waals surface area contributed by atoms with E-state index < -0.39 is 27.6 Å². The molecule has 6 heteroatoms. The maximum atomic E-state index is 12.2. The summed E-state index contributed by atoms with van der Waals surface area (Å²) < 4.78 is 31.9. The summed E-state index contributed by atoms with van der Waals surface area (Å²) in [6, 6.07) is 5.63. The van der Waals surface area contributed by atoms with E-state index in [0.29, 0.717) is 0 Å². The number of esters is 1. The number of hydrogen-bond acceptors (Lipinski definition) is 4. The van der Waals surface area contributed by atoms with Crippen molar-refractivity contribution in [3.05, 3.63) is 29.8 Å². The van der Waals surface area contributed by atoms with Gasteiger partial charge in [0.2, 0.25) is 10.0 Å². The van der Waals surface area contributed by atoms with Crippen molar-refractivity contribution >= 4 is 16.0 Å². The van der Waals surface area contributed by atoms with Crippen LogP contribution in [0.3, 0.4) is 0 Å². The van der Waals surface area contributed by atoms with Crippen molar-refractivity contribution in [3.8, 4) is 0 Å². The first-order chi connectivity index (χ1) is 9.55. The summed E-state index contributed by atoms with van der Waals surface area (Å²) in [5.41, 5.74) is 0.397. The van der Waals surface area contributed by atoms with Gasteiger partial charge in [-0.2, -0.15) is 4.72 Å². The van der Waals surface area contributed by atoms with Gasteiger partial charge in [-0.1, -0.05) is 19.1 Å². The minimum Gasteiger partial charge on any atom is -0.459 e. The summed E-state index contributed by atoms with van der Waals surface area (Å²) in [7, 11) is -3.74. The Kier molecular flexibility index (Phi) is 5.53. The van der Waals surface area contributed by atoms with Crippen LogP contribution in [-0.2, 0) is 26.0 Å². The highest BCUT2D eigenvalue weighted by atomic mass is 32.2. The van der Waals surface area contributed by atoms with Gasteiger partial charge in [0, 0.05) is 0 Å². The number of sulfonamides is 1. The second kappa shape index (κ2) is 6.58. The zero-order valence-electron chi connectivity index (χ0n) is 13.1. The summed E-state index contributed by atoms with van der Waals surface area (Å²) in [5, 5.41) is 0. The first-order valence-electron chi connectivity index (χ1n) is 6.89. The van der Waals surface area contributed by atoms with Crippen LogP contribution in [0.1, 0.15) is 40.2 Å². The number of hydrogen-bond donors (Lipinski definition) is 1. The lowest BCUT2D eigenvalue weighted by molar-refractivity contribution is -0.156. The Morgan fingerprint density at radius 3 is 2.19 bits per heavy atom. The van der Waals surface area contributed by atoms with Gasteiger partial charge in [0.15, 0.2) is 0 Å². The third kappa shape index (κ3) is 5.47.